The van der Waals surface area contributed by atoms with Crippen LogP contribution in [0.25, 0.3) is 0 Å². The van der Waals surface area contributed by atoms with Gasteiger partial charge >= 0.3 is 0 Å². The molecule has 3 nitrogen and oxygen atoms in total. The van der Waals surface area contributed by atoms with Crippen molar-refractivity contribution < 1.29 is 10.2 Å². The van der Waals surface area contributed by atoms with Gasteiger partial charge in [-0.3, -0.25) is 0 Å². The van der Waals surface area contributed by atoms with Gasteiger partial charge in [-0.15, -0.1) is 0 Å². The van der Waals surface area contributed by atoms with Crippen LogP contribution < -0.4 is 5.32 Å². The van der Waals surface area contributed by atoms with Crippen molar-refractivity contribution in [2.24, 2.45) is 5.92 Å². The van der Waals surface area contributed by atoms with Crippen molar-refractivity contribution in [2.75, 3.05) is 6.61 Å². The fourth-order valence-electron chi connectivity index (χ4n) is 2.20. The third-order valence-electron chi connectivity index (χ3n) is 3.22. The number of aliphatic hydroxyl groups is 2. The summed E-state index contributed by atoms with van der Waals surface area (Å²) in [6.45, 7) is 8.20. The Labute approximate surface area is 116 Å². The first-order chi connectivity index (χ1) is 8.85. The molecule has 0 aliphatic carbocycles. The van der Waals surface area contributed by atoms with Crippen LogP contribution in [0.5, 0.6) is 0 Å². The molecule has 0 bridgehead atoms. The van der Waals surface area contributed by atoms with Crippen LogP contribution >= 0.6 is 0 Å². The second kappa shape index (κ2) is 7.04. The lowest BCUT2D eigenvalue weighted by Gasteiger charge is -2.34. The van der Waals surface area contributed by atoms with Crippen molar-refractivity contribution in [3.05, 3.63) is 35.9 Å². The van der Waals surface area contributed by atoms with Crippen molar-refractivity contribution in [3.8, 4) is 0 Å². The maximum Gasteiger partial charge on any atom is 0.0943 e. The summed E-state index contributed by atoms with van der Waals surface area (Å²) in [5.41, 5.74) is 0.518. The SMILES string of the molecule is CC(C)CC(NC(C)(C)CO)C(O)c1ccccc1. The molecule has 0 heterocycles. The molecule has 0 fully saturated rings. The van der Waals surface area contributed by atoms with Crippen molar-refractivity contribution in [1.82, 2.24) is 5.32 Å². The van der Waals surface area contributed by atoms with Gasteiger partial charge < -0.3 is 15.5 Å². The van der Waals surface area contributed by atoms with Crippen molar-refractivity contribution >= 4 is 0 Å². The third-order valence-corrected chi connectivity index (χ3v) is 3.22. The van der Waals surface area contributed by atoms with Gasteiger partial charge in [0.15, 0.2) is 0 Å². The Morgan fingerprint density at radius 3 is 2.21 bits per heavy atom. The first-order valence-corrected chi connectivity index (χ1v) is 6.97. The second-order valence-electron chi connectivity index (χ2n) is 6.28. The summed E-state index contributed by atoms with van der Waals surface area (Å²) in [4.78, 5) is 0. The predicted octanol–water partition coefficient (Wildman–Crippen LogP) is 2.50. The van der Waals surface area contributed by atoms with E-state index in [1.165, 1.54) is 0 Å². The normalized spacial score (nSPS) is 15.5. The molecular formula is C16H27NO2. The number of benzene rings is 1. The molecule has 2 unspecified atom stereocenters. The smallest absolute Gasteiger partial charge is 0.0943 e. The molecule has 3 N–H and O–H groups in total. The molecule has 0 saturated heterocycles. The monoisotopic (exact) mass is 265 g/mol. The highest BCUT2D eigenvalue weighted by Crippen LogP contribution is 2.23. The molecule has 0 aromatic heterocycles. The molecule has 1 rings (SSSR count). The van der Waals surface area contributed by atoms with E-state index >= 15 is 0 Å². The average molecular weight is 265 g/mol. The molecule has 0 aliphatic heterocycles. The third kappa shape index (κ3) is 5.31. The summed E-state index contributed by atoms with van der Waals surface area (Å²) in [5, 5.41) is 23.3. The predicted molar refractivity (Wildman–Crippen MR) is 78.9 cm³/mol. The quantitative estimate of drug-likeness (QED) is 0.710. The summed E-state index contributed by atoms with van der Waals surface area (Å²) in [5.74, 6) is 0.477. The van der Waals surface area contributed by atoms with Gasteiger partial charge in [-0.25, -0.2) is 0 Å². The first-order valence-electron chi connectivity index (χ1n) is 6.97. The molecule has 1 aromatic rings. The molecule has 0 amide bonds. The Hall–Kier alpha value is -0.900. The van der Waals surface area contributed by atoms with Crippen LogP contribution in [-0.2, 0) is 0 Å². The Kier molecular flexibility index (Phi) is 5.98. The van der Waals surface area contributed by atoms with E-state index in [-0.39, 0.29) is 12.6 Å². The molecule has 0 spiro atoms. The van der Waals surface area contributed by atoms with E-state index < -0.39 is 11.6 Å². The van der Waals surface area contributed by atoms with Crippen LogP contribution in [0, 0.1) is 5.92 Å². The standard InChI is InChI=1S/C16H27NO2/c1-12(2)10-14(17-16(3,4)11-18)15(19)13-8-6-5-7-9-13/h5-9,12,14-15,17-19H,10-11H2,1-4H3. The molecule has 0 saturated carbocycles. The molecule has 0 aliphatic rings. The van der Waals surface area contributed by atoms with Crippen LogP contribution in [0.4, 0.5) is 0 Å². The lowest BCUT2D eigenvalue weighted by atomic mass is 9.92. The summed E-state index contributed by atoms with van der Waals surface area (Å²) < 4.78 is 0. The maximum atomic E-state index is 10.5. The van der Waals surface area contributed by atoms with Gasteiger partial charge in [0.05, 0.1) is 12.7 Å². The Morgan fingerprint density at radius 1 is 1.16 bits per heavy atom. The number of aliphatic hydroxyl groups excluding tert-OH is 2. The van der Waals surface area contributed by atoms with Crippen molar-refractivity contribution in [2.45, 2.75) is 51.8 Å². The maximum absolute atomic E-state index is 10.5. The summed E-state index contributed by atoms with van der Waals surface area (Å²) in [6.07, 6.45) is 0.300. The lowest BCUT2D eigenvalue weighted by Crippen LogP contribution is -2.51. The van der Waals surface area contributed by atoms with Crippen molar-refractivity contribution in [3.63, 3.8) is 0 Å². The highest BCUT2D eigenvalue weighted by Gasteiger charge is 2.27. The molecule has 1 aromatic carbocycles. The summed E-state index contributed by atoms with van der Waals surface area (Å²) in [6, 6.07) is 9.62. The fraction of sp³-hybridized carbons (Fsp3) is 0.625. The van der Waals surface area contributed by atoms with Gasteiger partial charge in [-0.2, -0.15) is 0 Å². The Bertz CT molecular complexity index is 362. The molecule has 19 heavy (non-hydrogen) atoms. The summed E-state index contributed by atoms with van der Waals surface area (Å²) in [7, 11) is 0. The van der Waals surface area contributed by atoms with Crippen molar-refractivity contribution in [1.29, 1.82) is 0 Å². The van der Waals surface area contributed by atoms with Crippen LogP contribution in [0.3, 0.4) is 0 Å². The van der Waals surface area contributed by atoms with E-state index in [4.69, 9.17) is 0 Å². The van der Waals surface area contributed by atoms with E-state index in [2.05, 4.69) is 19.2 Å². The molecular weight excluding hydrogens is 238 g/mol. The van der Waals surface area contributed by atoms with E-state index in [1.54, 1.807) is 0 Å². The Balaban J connectivity index is 2.84. The van der Waals surface area contributed by atoms with E-state index in [1.807, 2.05) is 44.2 Å². The summed E-state index contributed by atoms with van der Waals surface area (Å²) >= 11 is 0. The van der Waals surface area contributed by atoms with Gasteiger partial charge in [0.2, 0.25) is 0 Å². The molecule has 108 valence electrons. The van der Waals surface area contributed by atoms with Gasteiger partial charge in [0.1, 0.15) is 0 Å². The largest absolute Gasteiger partial charge is 0.394 e. The topological polar surface area (TPSA) is 52.5 Å². The number of hydrogen-bond acceptors (Lipinski definition) is 3. The minimum absolute atomic E-state index is 0.0447. The average Bonchev–Trinajstić information content (AvgIpc) is 2.37. The first kappa shape index (κ1) is 16.2. The van der Waals surface area contributed by atoms with Crippen LogP contribution in [-0.4, -0.2) is 28.4 Å². The molecule has 2 atom stereocenters. The second-order valence-corrected chi connectivity index (χ2v) is 6.28. The zero-order chi connectivity index (χ0) is 14.5. The van der Waals surface area contributed by atoms with Gasteiger partial charge in [-0.05, 0) is 31.7 Å². The van der Waals surface area contributed by atoms with Crippen LogP contribution in [0.1, 0.15) is 45.8 Å². The zero-order valence-corrected chi connectivity index (χ0v) is 12.4. The lowest BCUT2D eigenvalue weighted by molar-refractivity contribution is 0.0820. The Morgan fingerprint density at radius 2 is 1.74 bits per heavy atom. The minimum atomic E-state index is -0.561. The molecule has 3 heteroatoms. The van der Waals surface area contributed by atoms with E-state index in [0.717, 1.165) is 12.0 Å². The minimum Gasteiger partial charge on any atom is -0.394 e. The van der Waals surface area contributed by atoms with Crippen LogP contribution in [0.2, 0.25) is 0 Å². The molecule has 0 radical (unpaired) electrons. The zero-order valence-electron chi connectivity index (χ0n) is 12.4. The van der Waals surface area contributed by atoms with Crippen LogP contribution in [0.15, 0.2) is 30.3 Å². The number of rotatable bonds is 7. The van der Waals surface area contributed by atoms with Gasteiger partial charge in [-0.1, -0.05) is 44.2 Å². The van der Waals surface area contributed by atoms with E-state index in [9.17, 15) is 10.2 Å². The highest BCUT2D eigenvalue weighted by atomic mass is 16.3. The fourth-order valence-corrected chi connectivity index (χ4v) is 2.20. The van der Waals surface area contributed by atoms with Gasteiger partial charge in [0.25, 0.3) is 0 Å². The van der Waals surface area contributed by atoms with Gasteiger partial charge in [0, 0.05) is 11.6 Å². The number of nitrogens with one attached hydrogen (secondary N) is 1. The van der Waals surface area contributed by atoms with E-state index in [0.29, 0.717) is 5.92 Å². The number of hydrogen-bond donors (Lipinski definition) is 3. The highest BCUT2D eigenvalue weighted by molar-refractivity contribution is 5.19.